The summed E-state index contributed by atoms with van der Waals surface area (Å²) in [5, 5.41) is 15.3. The highest BCUT2D eigenvalue weighted by atomic mass is 19.1. The number of phenolic OH excluding ortho intramolecular Hbond substituents is 1. The summed E-state index contributed by atoms with van der Waals surface area (Å²) in [4.78, 5) is 20.5. The van der Waals surface area contributed by atoms with Crippen molar-refractivity contribution in [2.45, 2.75) is 13.8 Å². The lowest BCUT2D eigenvalue weighted by molar-refractivity contribution is 0.103. The first-order valence-corrected chi connectivity index (χ1v) is 8.50. The van der Waals surface area contributed by atoms with Gasteiger partial charge in [-0.15, -0.1) is 0 Å². The van der Waals surface area contributed by atoms with Crippen molar-refractivity contribution in [3.8, 4) is 5.75 Å². The second kappa shape index (κ2) is 7.87. The number of rotatable bonds is 6. The van der Waals surface area contributed by atoms with Gasteiger partial charge in [0.15, 0.2) is 17.3 Å². The highest BCUT2D eigenvalue weighted by Crippen LogP contribution is 2.24. The van der Waals surface area contributed by atoms with Gasteiger partial charge in [-0.3, -0.25) is 4.79 Å². The Labute approximate surface area is 161 Å². The smallest absolute Gasteiger partial charge is 0.229 e. The van der Waals surface area contributed by atoms with E-state index >= 15 is 0 Å². The molecule has 0 bridgehead atoms. The zero-order valence-corrected chi connectivity index (χ0v) is 15.5. The number of allylic oxidation sites excluding steroid dienone is 1. The fourth-order valence-electron chi connectivity index (χ4n) is 2.43. The molecule has 7 heteroatoms. The van der Waals surface area contributed by atoms with Gasteiger partial charge in [0, 0.05) is 34.8 Å². The summed E-state index contributed by atoms with van der Waals surface area (Å²) in [6, 6.07) is 10.9. The van der Waals surface area contributed by atoms with E-state index < -0.39 is 11.6 Å². The molecule has 0 saturated heterocycles. The zero-order chi connectivity index (χ0) is 20.3. The van der Waals surface area contributed by atoms with Crippen LogP contribution in [0.3, 0.4) is 0 Å². The molecule has 0 aliphatic rings. The number of halogens is 1. The Morgan fingerprint density at radius 3 is 2.43 bits per heavy atom. The molecule has 1 heterocycles. The minimum atomic E-state index is -0.736. The third-order valence-corrected chi connectivity index (χ3v) is 3.97. The highest BCUT2D eigenvalue weighted by Gasteiger charge is 2.09. The van der Waals surface area contributed by atoms with E-state index in [4.69, 9.17) is 0 Å². The van der Waals surface area contributed by atoms with Crippen LogP contribution < -0.4 is 10.6 Å². The Balaban J connectivity index is 1.79. The predicted molar refractivity (Wildman–Crippen MR) is 107 cm³/mol. The Bertz CT molecular complexity index is 1050. The van der Waals surface area contributed by atoms with Crippen LogP contribution in [-0.2, 0) is 0 Å². The van der Waals surface area contributed by atoms with Crippen molar-refractivity contribution in [3.63, 3.8) is 0 Å². The number of hydrogen-bond donors (Lipinski definition) is 3. The fourth-order valence-corrected chi connectivity index (χ4v) is 2.43. The first kappa shape index (κ1) is 19.0. The number of carbonyl (C=O) groups excluding carboxylic acids is 1. The van der Waals surface area contributed by atoms with Crippen LogP contribution in [0.25, 0.3) is 0 Å². The number of aryl methyl sites for hydroxylation is 1. The lowest BCUT2D eigenvalue weighted by atomic mass is 10.1. The zero-order valence-electron chi connectivity index (χ0n) is 15.5. The van der Waals surface area contributed by atoms with E-state index in [1.807, 2.05) is 6.92 Å². The van der Waals surface area contributed by atoms with Gasteiger partial charge in [0.25, 0.3) is 0 Å². The lowest BCUT2D eigenvalue weighted by Crippen LogP contribution is -2.03. The number of phenols is 1. The van der Waals surface area contributed by atoms with E-state index in [0.29, 0.717) is 22.6 Å². The van der Waals surface area contributed by atoms with Crippen LogP contribution in [-0.4, -0.2) is 20.9 Å². The van der Waals surface area contributed by atoms with E-state index in [2.05, 4.69) is 27.2 Å². The number of carbonyl (C=O) groups is 1. The van der Waals surface area contributed by atoms with Gasteiger partial charge in [0.2, 0.25) is 5.95 Å². The Morgan fingerprint density at radius 2 is 1.79 bits per heavy atom. The van der Waals surface area contributed by atoms with Gasteiger partial charge in [0.1, 0.15) is 5.82 Å². The predicted octanol–water partition coefficient (Wildman–Crippen LogP) is 4.88. The number of nitrogens with one attached hydrogen (secondary N) is 2. The molecule has 3 N–H and O–H groups in total. The number of nitrogens with zero attached hydrogens (tertiary/aromatic N) is 2. The molecule has 0 radical (unpaired) electrons. The molecule has 0 aliphatic heterocycles. The molecule has 0 atom stereocenters. The topological polar surface area (TPSA) is 87.1 Å². The SMILES string of the molecule is C=C(C)C(=O)c1ccc(Nc2nc(Nc3ccc(O)c(F)c3)ncc2C)cc1. The highest BCUT2D eigenvalue weighted by molar-refractivity contribution is 6.08. The Kier molecular flexibility index (Phi) is 5.35. The first-order chi connectivity index (χ1) is 13.3. The monoisotopic (exact) mass is 378 g/mol. The van der Waals surface area contributed by atoms with E-state index in [9.17, 15) is 14.3 Å². The van der Waals surface area contributed by atoms with Gasteiger partial charge in [-0.1, -0.05) is 6.58 Å². The summed E-state index contributed by atoms with van der Waals surface area (Å²) in [6.45, 7) is 7.19. The minimum absolute atomic E-state index is 0.0996. The van der Waals surface area contributed by atoms with Crippen LogP contribution in [0.5, 0.6) is 5.75 Å². The van der Waals surface area contributed by atoms with Gasteiger partial charge in [-0.2, -0.15) is 4.98 Å². The molecule has 0 amide bonds. The summed E-state index contributed by atoms with van der Waals surface area (Å²) in [6.07, 6.45) is 1.63. The van der Waals surface area contributed by atoms with Crippen molar-refractivity contribution in [1.82, 2.24) is 9.97 Å². The van der Waals surface area contributed by atoms with Gasteiger partial charge in [-0.25, -0.2) is 9.37 Å². The maximum Gasteiger partial charge on any atom is 0.229 e. The number of ketones is 1. The molecule has 2 aromatic carbocycles. The Morgan fingerprint density at radius 1 is 1.11 bits per heavy atom. The van der Waals surface area contributed by atoms with E-state index in [0.717, 1.165) is 17.3 Å². The number of hydrogen-bond acceptors (Lipinski definition) is 6. The Hall–Kier alpha value is -3.74. The summed E-state index contributed by atoms with van der Waals surface area (Å²) < 4.78 is 13.5. The lowest BCUT2D eigenvalue weighted by Gasteiger charge is -2.11. The molecular weight excluding hydrogens is 359 g/mol. The molecule has 0 fully saturated rings. The number of benzene rings is 2. The number of Topliss-reactive ketones (excluding diaryl/α,β-unsaturated/α-hetero) is 1. The maximum absolute atomic E-state index is 13.5. The average Bonchev–Trinajstić information content (AvgIpc) is 2.67. The van der Waals surface area contributed by atoms with E-state index in [1.165, 1.54) is 12.1 Å². The molecule has 1 aromatic heterocycles. The van der Waals surface area contributed by atoms with Gasteiger partial charge >= 0.3 is 0 Å². The molecule has 0 saturated carbocycles. The first-order valence-electron chi connectivity index (χ1n) is 8.50. The van der Waals surface area contributed by atoms with E-state index in [1.54, 1.807) is 37.4 Å². The molecule has 0 spiro atoms. The molecule has 142 valence electrons. The largest absolute Gasteiger partial charge is 0.505 e. The second-order valence-corrected chi connectivity index (χ2v) is 6.33. The number of aromatic hydroxyl groups is 1. The molecule has 0 unspecified atom stereocenters. The third-order valence-electron chi connectivity index (χ3n) is 3.97. The minimum Gasteiger partial charge on any atom is -0.505 e. The van der Waals surface area contributed by atoms with Crippen molar-refractivity contribution >= 4 is 28.9 Å². The summed E-state index contributed by atoms with van der Waals surface area (Å²) in [5.74, 6) is -0.424. The van der Waals surface area contributed by atoms with Crippen LogP contribution in [0.4, 0.5) is 27.5 Å². The summed E-state index contributed by atoms with van der Waals surface area (Å²) >= 11 is 0. The van der Waals surface area contributed by atoms with Crippen molar-refractivity contribution in [2.24, 2.45) is 0 Å². The van der Waals surface area contributed by atoms with Crippen LogP contribution in [0.15, 0.2) is 60.8 Å². The fraction of sp³-hybridized carbons (Fsp3) is 0.0952. The van der Waals surface area contributed by atoms with E-state index in [-0.39, 0.29) is 11.7 Å². The van der Waals surface area contributed by atoms with Gasteiger partial charge in [0.05, 0.1) is 0 Å². The average molecular weight is 378 g/mol. The normalized spacial score (nSPS) is 10.4. The van der Waals surface area contributed by atoms with Gasteiger partial charge in [-0.05, 0) is 55.8 Å². The molecular formula is C21H19FN4O2. The second-order valence-electron chi connectivity index (χ2n) is 6.33. The van der Waals surface area contributed by atoms with Crippen LogP contribution in [0.2, 0.25) is 0 Å². The van der Waals surface area contributed by atoms with Crippen molar-refractivity contribution in [3.05, 3.63) is 77.8 Å². The molecule has 0 aliphatic carbocycles. The van der Waals surface area contributed by atoms with Crippen LogP contribution in [0.1, 0.15) is 22.8 Å². The quantitative estimate of drug-likeness (QED) is 0.322. The number of anilines is 4. The standard InChI is InChI=1S/C21H19FN4O2/c1-12(2)19(28)14-4-6-15(7-5-14)24-20-13(3)11-23-21(26-20)25-16-8-9-18(27)17(22)10-16/h4-11,27H,1H2,2-3H3,(H2,23,24,25,26). The molecule has 3 rings (SSSR count). The molecule has 3 aromatic rings. The van der Waals surface area contributed by atoms with Crippen molar-refractivity contribution in [1.29, 1.82) is 0 Å². The summed E-state index contributed by atoms with van der Waals surface area (Å²) in [5.41, 5.74) is 3.02. The van der Waals surface area contributed by atoms with Crippen LogP contribution >= 0.6 is 0 Å². The van der Waals surface area contributed by atoms with Crippen LogP contribution in [0, 0.1) is 12.7 Å². The maximum atomic E-state index is 13.5. The summed E-state index contributed by atoms with van der Waals surface area (Å²) in [7, 11) is 0. The van der Waals surface area contributed by atoms with Gasteiger partial charge < -0.3 is 15.7 Å². The number of aromatic nitrogens is 2. The van der Waals surface area contributed by atoms with Crippen molar-refractivity contribution < 1.29 is 14.3 Å². The molecule has 6 nitrogen and oxygen atoms in total. The molecule has 28 heavy (non-hydrogen) atoms. The third kappa shape index (κ3) is 4.32. The van der Waals surface area contributed by atoms with Crippen molar-refractivity contribution in [2.75, 3.05) is 10.6 Å².